The molecule has 52 valence electrons. The summed E-state index contributed by atoms with van der Waals surface area (Å²) in [6.07, 6.45) is 1.14. The molecule has 0 aromatic heterocycles. The number of aliphatic hydroxyl groups excluding tert-OH is 1. The molecule has 1 atom stereocenters. The second-order valence-electron chi connectivity index (χ2n) is 1.50. The molecule has 0 aliphatic heterocycles. The Morgan fingerprint density at radius 3 is 2.67 bits per heavy atom. The average Bonchev–Trinajstić information content (AvgIpc) is 1.83. The molecule has 0 bridgehead atoms. The van der Waals surface area contributed by atoms with E-state index in [0.29, 0.717) is 0 Å². The molecule has 0 rings (SSSR count). The number of carboxylic acids is 1. The highest BCUT2D eigenvalue weighted by Crippen LogP contribution is 1.80. The molecule has 0 aromatic carbocycles. The number of rotatable bonds is 3. The Morgan fingerprint density at radius 2 is 2.33 bits per heavy atom. The zero-order valence-electron chi connectivity index (χ0n) is 4.82. The first-order valence-corrected chi connectivity index (χ1v) is 2.46. The van der Waals surface area contributed by atoms with Crippen LogP contribution in [-0.2, 0) is 4.79 Å². The lowest BCUT2D eigenvalue weighted by atomic mass is 10.3. The van der Waals surface area contributed by atoms with E-state index >= 15 is 0 Å². The zero-order chi connectivity index (χ0) is 7.28. The molecule has 1 unspecified atom stereocenters. The van der Waals surface area contributed by atoms with Gasteiger partial charge in [-0.05, 0) is 6.08 Å². The van der Waals surface area contributed by atoms with Crippen molar-refractivity contribution in [1.29, 1.82) is 0 Å². The minimum Gasteiger partial charge on any atom is -0.478 e. The SMILES string of the molecule is NCC(O)/C=C/C(=O)O. The van der Waals surface area contributed by atoms with Crippen LogP contribution in [0, 0.1) is 0 Å². The largest absolute Gasteiger partial charge is 0.478 e. The van der Waals surface area contributed by atoms with Crippen molar-refractivity contribution in [2.24, 2.45) is 5.73 Å². The summed E-state index contributed by atoms with van der Waals surface area (Å²) in [5.74, 6) is -1.08. The first-order valence-electron chi connectivity index (χ1n) is 2.46. The highest BCUT2D eigenvalue weighted by molar-refractivity contribution is 5.79. The van der Waals surface area contributed by atoms with E-state index in [4.69, 9.17) is 15.9 Å². The summed E-state index contributed by atoms with van der Waals surface area (Å²) in [7, 11) is 0. The fourth-order valence-corrected chi connectivity index (χ4v) is 0.272. The van der Waals surface area contributed by atoms with Crippen molar-refractivity contribution in [2.75, 3.05) is 6.54 Å². The fraction of sp³-hybridized carbons (Fsp3) is 0.400. The Kier molecular flexibility index (Phi) is 3.66. The van der Waals surface area contributed by atoms with Gasteiger partial charge in [0.05, 0.1) is 6.10 Å². The maximum absolute atomic E-state index is 9.78. The minimum atomic E-state index is -1.08. The van der Waals surface area contributed by atoms with Crippen LogP contribution in [0.15, 0.2) is 12.2 Å². The van der Waals surface area contributed by atoms with Gasteiger partial charge in [0.15, 0.2) is 0 Å². The van der Waals surface area contributed by atoms with Crippen molar-refractivity contribution in [2.45, 2.75) is 6.10 Å². The van der Waals surface area contributed by atoms with E-state index in [1.807, 2.05) is 0 Å². The Morgan fingerprint density at radius 1 is 1.78 bits per heavy atom. The number of hydrogen-bond donors (Lipinski definition) is 3. The number of hydrogen-bond acceptors (Lipinski definition) is 3. The van der Waals surface area contributed by atoms with Crippen LogP contribution >= 0.6 is 0 Å². The van der Waals surface area contributed by atoms with Crippen molar-refractivity contribution in [3.8, 4) is 0 Å². The maximum atomic E-state index is 9.78. The molecule has 0 aliphatic carbocycles. The molecule has 4 nitrogen and oxygen atoms in total. The van der Waals surface area contributed by atoms with Gasteiger partial charge in [-0.3, -0.25) is 0 Å². The van der Waals surface area contributed by atoms with E-state index in [9.17, 15) is 4.79 Å². The van der Waals surface area contributed by atoms with Gasteiger partial charge < -0.3 is 15.9 Å². The highest BCUT2D eigenvalue weighted by atomic mass is 16.4. The molecule has 0 spiro atoms. The smallest absolute Gasteiger partial charge is 0.328 e. The van der Waals surface area contributed by atoms with Crippen molar-refractivity contribution < 1.29 is 15.0 Å². The van der Waals surface area contributed by atoms with Gasteiger partial charge in [-0.15, -0.1) is 0 Å². The van der Waals surface area contributed by atoms with E-state index in [2.05, 4.69) is 0 Å². The predicted octanol–water partition coefficient (Wildman–Crippen LogP) is -1.05. The van der Waals surface area contributed by atoms with Crippen LogP contribution in [0.4, 0.5) is 0 Å². The Hall–Kier alpha value is -0.870. The predicted molar refractivity (Wildman–Crippen MR) is 31.8 cm³/mol. The lowest BCUT2D eigenvalue weighted by Crippen LogP contribution is -2.16. The number of aliphatic carboxylic acids is 1. The van der Waals surface area contributed by atoms with E-state index in [1.54, 1.807) is 0 Å². The normalized spacial score (nSPS) is 14.0. The Bertz CT molecular complexity index is 121. The van der Waals surface area contributed by atoms with Crippen LogP contribution < -0.4 is 5.73 Å². The lowest BCUT2D eigenvalue weighted by molar-refractivity contribution is -0.131. The number of nitrogens with two attached hydrogens (primary N) is 1. The maximum Gasteiger partial charge on any atom is 0.328 e. The van der Waals surface area contributed by atoms with Crippen molar-refractivity contribution in [1.82, 2.24) is 0 Å². The fourth-order valence-electron chi connectivity index (χ4n) is 0.272. The summed E-state index contributed by atoms with van der Waals surface area (Å²) >= 11 is 0. The molecule has 0 aromatic rings. The van der Waals surface area contributed by atoms with Crippen LogP contribution in [0.25, 0.3) is 0 Å². The first kappa shape index (κ1) is 8.13. The van der Waals surface area contributed by atoms with Gasteiger partial charge in [-0.25, -0.2) is 4.79 Å². The molecule has 4 N–H and O–H groups in total. The number of aliphatic hydroxyl groups is 1. The van der Waals surface area contributed by atoms with Crippen LogP contribution in [-0.4, -0.2) is 28.8 Å². The summed E-state index contributed by atoms with van der Waals surface area (Å²) in [6, 6.07) is 0. The third-order valence-electron chi connectivity index (χ3n) is 0.702. The molecule has 4 heteroatoms. The van der Waals surface area contributed by atoms with Gasteiger partial charge in [0.2, 0.25) is 0 Å². The Labute approximate surface area is 52.6 Å². The van der Waals surface area contributed by atoms with Crippen LogP contribution in [0.1, 0.15) is 0 Å². The average molecular weight is 131 g/mol. The molecular weight excluding hydrogens is 122 g/mol. The third-order valence-corrected chi connectivity index (χ3v) is 0.702. The van der Waals surface area contributed by atoms with E-state index in [0.717, 1.165) is 12.2 Å². The van der Waals surface area contributed by atoms with E-state index in [-0.39, 0.29) is 6.54 Å². The molecule has 0 fully saturated rings. The molecular formula is C5H9NO3. The number of carboxylic acid groups (broad SMARTS) is 1. The topological polar surface area (TPSA) is 83.5 Å². The molecule has 0 amide bonds. The molecule has 0 saturated carbocycles. The molecule has 0 heterocycles. The monoisotopic (exact) mass is 131 g/mol. The van der Waals surface area contributed by atoms with E-state index in [1.165, 1.54) is 0 Å². The van der Waals surface area contributed by atoms with Crippen molar-refractivity contribution >= 4 is 5.97 Å². The summed E-state index contributed by atoms with van der Waals surface area (Å²) < 4.78 is 0. The van der Waals surface area contributed by atoms with Crippen molar-refractivity contribution in [3.63, 3.8) is 0 Å². The summed E-state index contributed by atoms with van der Waals surface area (Å²) in [6.45, 7) is 0.0454. The quantitative estimate of drug-likeness (QED) is 0.426. The molecule has 0 saturated heterocycles. The van der Waals surface area contributed by atoms with Gasteiger partial charge >= 0.3 is 5.97 Å². The van der Waals surface area contributed by atoms with Gasteiger partial charge in [0, 0.05) is 12.6 Å². The zero-order valence-corrected chi connectivity index (χ0v) is 4.82. The molecule has 9 heavy (non-hydrogen) atoms. The van der Waals surface area contributed by atoms with Gasteiger partial charge in [-0.2, -0.15) is 0 Å². The summed E-state index contributed by atoms with van der Waals surface area (Å²) in [5.41, 5.74) is 4.96. The van der Waals surface area contributed by atoms with Gasteiger partial charge in [-0.1, -0.05) is 0 Å². The van der Waals surface area contributed by atoms with Crippen LogP contribution in [0.5, 0.6) is 0 Å². The second-order valence-corrected chi connectivity index (χ2v) is 1.50. The number of carbonyl (C=O) groups is 1. The minimum absolute atomic E-state index is 0.0454. The standard InChI is InChI=1S/C5H9NO3/c6-3-4(7)1-2-5(8)9/h1-2,4,7H,3,6H2,(H,8,9)/b2-1+. The second kappa shape index (κ2) is 4.05. The van der Waals surface area contributed by atoms with Crippen LogP contribution in [0.3, 0.4) is 0 Å². The Balaban J connectivity index is 3.56. The molecule has 0 radical (unpaired) electrons. The van der Waals surface area contributed by atoms with E-state index < -0.39 is 12.1 Å². The van der Waals surface area contributed by atoms with Crippen molar-refractivity contribution in [3.05, 3.63) is 12.2 Å². The van der Waals surface area contributed by atoms with Gasteiger partial charge in [0.25, 0.3) is 0 Å². The highest BCUT2D eigenvalue weighted by Gasteiger charge is 1.93. The summed E-state index contributed by atoms with van der Waals surface area (Å²) in [4.78, 5) is 9.78. The molecule has 0 aliphatic rings. The first-order chi connectivity index (χ1) is 4.16. The van der Waals surface area contributed by atoms with Gasteiger partial charge in [0.1, 0.15) is 0 Å². The van der Waals surface area contributed by atoms with Crippen LogP contribution in [0.2, 0.25) is 0 Å². The lowest BCUT2D eigenvalue weighted by Gasteiger charge is -1.95. The summed E-state index contributed by atoms with van der Waals surface area (Å²) in [5, 5.41) is 16.7. The third kappa shape index (κ3) is 4.99.